The van der Waals surface area contributed by atoms with Crippen molar-refractivity contribution in [3.05, 3.63) is 29.0 Å². The number of morpholine rings is 1. The molecule has 1 saturated heterocycles. The van der Waals surface area contributed by atoms with Crippen molar-refractivity contribution in [3.8, 4) is 0 Å². The number of fused-ring (bicyclic) bond motifs is 1. The molecule has 5 heteroatoms. The first-order valence-electron chi connectivity index (χ1n) is 6.75. The number of imidazole rings is 1. The number of hydrogen-bond acceptors (Lipinski definition) is 3. The summed E-state index contributed by atoms with van der Waals surface area (Å²) < 4.78 is 7.95. The smallest absolute Gasteiger partial charge is 0.112 e. The predicted molar refractivity (Wildman–Crippen MR) is 76.7 cm³/mol. The fourth-order valence-corrected chi connectivity index (χ4v) is 2.91. The van der Waals surface area contributed by atoms with E-state index in [0.717, 1.165) is 54.5 Å². The van der Waals surface area contributed by atoms with Gasteiger partial charge in [-0.3, -0.25) is 0 Å². The van der Waals surface area contributed by atoms with Crippen molar-refractivity contribution in [3.63, 3.8) is 0 Å². The molecular formula is C14H18ClN3O. The van der Waals surface area contributed by atoms with Gasteiger partial charge in [0, 0.05) is 26.1 Å². The van der Waals surface area contributed by atoms with E-state index in [1.165, 1.54) is 0 Å². The van der Waals surface area contributed by atoms with Crippen LogP contribution >= 0.6 is 11.6 Å². The Morgan fingerprint density at radius 2 is 2.42 bits per heavy atom. The molecule has 4 nitrogen and oxygen atoms in total. The maximum absolute atomic E-state index is 6.29. The third-order valence-corrected chi connectivity index (χ3v) is 3.83. The van der Waals surface area contributed by atoms with E-state index in [4.69, 9.17) is 21.3 Å². The average molecular weight is 280 g/mol. The molecule has 0 radical (unpaired) electrons. The molecule has 2 heterocycles. The van der Waals surface area contributed by atoms with Crippen LogP contribution < -0.4 is 5.32 Å². The summed E-state index contributed by atoms with van der Waals surface area (Å²) >= 11 is 6.29. The lowest BCUT2D eigenvalue weighted by molar-refractivity contribution is 0.0276. The zero-order valence-corrected chi connectivity index (χ0v) is 11.8. The minimum absolute atomic E-state index is 0.203. The molecule has 1 fully saturated rings. The maximum atomic E-state index is 6.29. The van der Waals surface area contributed by atoms with Gasteiger partial charge in [0.15, 0.2) is 0 Å². The Morgan fingerprint density at radius 3 is 3.16 bits per heavy atom. The quantitative estimate of drug-likeness (QED) is 0.937. The lowest BCUT2D eigenvalue weighted by Gasteiger charge is -2.23. The van der Waals surface area contributed by atoms with E-state index >= 15 is 0 Å². The van der Waals surface area contributed by atoms with Gasteiger partial charge in [-0.25, -0.2) is 4.98 Å². The molecule has 1 aliphatic heterocycles. The molecule has 19 heavy (non-hydrogen) atoms. The minimum atomic E-state index is 0.203. The maximum Gasteiger partial charge on any atom is 0.112 e. The van der Waals surface area contributed by atoms with Gasteiger partial charge >= 0.3 is 0 Å². The van der Waals surface area contributed by atoms with Crippen LogP contribution in [0.3, 0.4) is 0 Å². The molecule has 1 N–H and O–H groups in total. The van der Waals surface area contributed by atoms with Crippen LogP contribution in [0.1, 0.15) is 12.7 Å². The number of aryl methyl sites for hydroxylation is 1. The molecule has 0 bridgehead atoms. The fourth-order valence-electron chi connectivity index (χ4n) is 2.64. The zero-order valence-electron chi connectivity index (χ0n) is 11.0. The van der Waals surface area contributed by atoms with Gasteiger partial charge in [0.05, 0.1) is 28.8 Å². The largest absolute Gasteiger partial charge is 0.375 e. The van der Waals surface area contributed by atoms with E-state index in [9.17, 15) is 0 Å². The zero-order chi connectivity index (χ0) is 13.2. The number of ether oxygens (including phenoxy) is 1. The van der Waals surface area contributed by atoms with Gasteiger partial charge < -0.3 is 14.6 Å². The summed E-state index contributed by atoms with van der Waals surface area (Å²) in [7, 11) is 0. The van der Waals surface area contributed by atoms with Gasteiger partial charge in [-0.05, 0) is 19.1 Å². The molecule has 3 rings (SSSR count). The topological polar surface area (TPSA) is 39.1 Å². The van der Waals surface area contributed by atoms with Crippen LogP contribution in [0.2, 0.25) is 5.02 Å². The first-order chi connectivity index (χ1) is 9.29. The molecule has 1 aliphatic rings. The lowest BCUT2D eigenvalue weighted by atomic mass is 10.2. The van der Waals surface area contributed by atoms with E-state index in [2.05, 4.69) is 16.8 Å². The van der Waals surface area contributed by atoms with Gasteiger partial charge in [0.2, 0.25) is 0 Å². The van der Waals surface area contributed by atoms with Gasteiger partial charge in [-0.1, -0.05) is 17.7 Å². The summed E-state index contributed by atoms with van der Waals surface area (Å²) in [5.41, 5.74) is 2.00. The highest BCUT2D eigenvalue weighted by Gasteiger charge is 2.19. The Labute approximate surface area is 117 Å². The average Bonchev–Trinajstić information content (AvgIpc) is 2.78. The van der Waals surface area contributed by atoms with Gasteiger partial charge in [0.1, 0.15) is 5.82 Å². The van der Waals surface area contributed by atoms with Gasteiger partial charge in [-0.2, -0.15) is 0 Å². The summed E-state index contributed by atoms with van der Waals surface area (Å²) in [6.07, 6.45) is 1.03. The van der Waals surface area contributed by atoms with E-state index in [1.54, 1.807) is 0 Å². The van der Waals surface area contributed by atoms with Crippen molar-refractivity contribution >= 4 is 22.6 Å². The lowest BCUT2D eigenvalue weighted by Crippen LogP contribution is -2.40. The number of benzene rings is 1. The minimum Gasteiger partial charge on any atom is -0.375 e. The van der Waals surface area contributed by atoms with Crippen molar-refractivity contribution in [2.75, 3.05) is 19.7 Å². The highest BCUT2D eigenvalue weighted by Crippen LogP contribution is 2.25. The van der Waals surface area contributed by atoms with Crippen LogP contribution in [0.4, 0.5) is 0 Å². The first kappa shape index (κ1) is 12.9. The third-order valence-electron chi connectivity index (χ3n) is 3.53. The summed E-state index contributed by atoms with van der Waals surface area (Å²) in [5.74, 6) is 1.05. The number of nitrogens with zero attached hydrogens (tertiary/aromatic N) is 2. The van der Waals surface area contributed by atoms with Gasteiger partial charge in [0.25, 0.3) is 0 Å². The van der Waals surface area contributed by atoms with Crippen LogP contribution in [-0.4, -0.2) is 35.4 Å². The monoisotopic (exact) mass is 279 g/mol. The highest BCUT2D eigenvalue weighted by atomic mass is 35.5. The Kier molecular flexibility index (Phi) is 3.73. The van der Waals surface area contributed by atoms with Crippen molar-refractivity contribution < 1.29 is 4.74 Å². The van der Waals surface area contributed by atoms with Crippen LogP contribution in [-0.2, 0) is 17.7 Å². The Hall–Kier alpha value is -1.10. The van der Waals surface area contributed by atoms with Crippen LogP contribution in [0.25, 0.3) is 11.0 Å². The molecule has 1 atom stereocenters. The number of para-hydroxylation sites is 1. The van der Waals surface area contributed by atoms with E-state index in [-0.39, 0.29) is 6.10 Å². The number of hydrogen-bond donors (Lipinski definition) is 1. The highest BCUT2D eigenvalue weighted by molar-refractivity contribution is 6.35. The van der Waals surface area contributed by atoms with Crippen LogP contribution in [0, 0.1) is 0 Å². The second-order valence-electron chi connectivity index (χ2n) is 4.78. The van der Waals surface area contributed by atoms with Crippen molar-refractivity contribution in [1.29, 1.82) is 0 Å². The van der Waals surface area contributed by atoms with Gasteiger partial charge in [-0.15, -0.1) is 0 Å². The number of rotatable bonds is 3. The first-order valence-corrected chi connectivity index (χ1v) is 7.13. The van der Waals surface area contributed by atoms with Crippen LogP contribution in [0.5, 0.6) is 0 Å². The third kappa shape index (κ3) is 2.48. The molecule has 1 aromatic carbocycles. The normalized spacial score (nSPS) is 20.0. The molecule has 0 spiro atoms. The second kappa shape index (κ2) is 5.49. The van der Waals surface area contributed by atoms with E-state index in [1.807, 2.05) is 18.2 Å². The van der Waals surface area contributed by atoms with E-state index in [0.29, 0.717) is 0 Å². The number of nitrogens with one attached hydrogen (secondary N) is 1. The summed E-state index contributed by atoms with van der Waals surface area (Å²) in [5, 5.41) is 4.11. The van der Waals surface area contributed by atoms with Crippen molar-refractivity contribution in [1.82, 2.24) is 14.9 Å². The SMILES string of the molecule is CCn1c(CC2CNCCO2)nc2cccc(Cl)c21. The van der Waals surface area contributed by atoms with Crippen molar-refractivity contribution in [2.45, 2.75) is 26.0 Å². The summed E-state index contributed by atoms with van der Waals surface area (Å²) in [6, 6.07) is 5.87. The molecule has 2 aromatic rings. The summed E-state index contributed by atoms with van der Waals surface area (Å²) in [4.78, 5) is 4.71. The second-order valence-corrected chi connectivity index (χ2v) is 5.19. The van der Waals surface area contributed by atoms with Crippen LogP contribution in [0.15, 0.2) is 18.2 Å². The standard InChI is InChI=1S/C14H18ClN3O/c1-2-18-13(8-10-9-16-6-7-19-10)17-12-5-3-4-11(15)14(12)18/h3-5,10,16H,2,6-9H2,1H3. The Morgan fingerprint density at radius 1 is 1.53 bits per heavy atom. The molecule has 1 unspecified atom stereocenters. The summed E-state index contributed by atoms with van der Waals surface area (Å²) in [6.45, 7) is 5.59. The number of halogens is 1. The Bertz CT molecular complexity index is 575. The molecular weight excluding hydrogens is 262 g/mol. The Balaban J connectivity index is 1.96. The molecule has 102 valence electrons. The predicted octanol–water partition coefficient (Wildman–Crippen LogP) is 2.24. The molecule has 0 amide bonds. The van der Waals surface area contributed by atoms with E-state index < -0.39 is 0 Å². The fraction of sp³-hybridized carbons (Fsp3) is 0.500. The molecule has 0 aliphatic carbocycles. The van der Waals surface area contributed by atoms with Crippen molar-refractivity contribution in [2.24, 2.45) is 0 Å². The molecule has 1 aromatic heterocycles. The molecule has 0 saturated carbocycles. The number of aromatic nitrogens is 2.